The number of aromatic nitrogens is 6. The molecule has 0 aliphatic carbocycles. The molecule has 4 N–H and O–H groups in total. The minimum absolute atomic E-state index is 0.300. The summed E-state index contributed by atoms with van der Waals surface area (Å²) in [5.41, 5.74) is 9.01. The number of hydrogen-bond acceptors (Lipinski definition) is 8. The Bertz CT molecular complexity index is 2170. The van der Waals surface area contributed by atoms with Crippen molar-refractivity contribution in [2.24, 2.45) is 0 Å². The van der Waals surface area contributed by atoms with Gasteiger partial charge in [-0.1, -0.05) is 144 Å². The first-order valence-electron chi connectivity index (χ1n) is 16.7. The largest absolute Gasteiger partial charge is 0.488 e. The van der Waals surface area contributed by atoms with Crippen molar-refractivity contribution in [1.29, 1.82) is 0 Å². The van der Waals surface area contributed by atoms with Crippen LogP contribution in [0.5, 0.6) is 0 Å². The predicted octanol–water partition coefficient (Wildman–Crippen LogP) is 4.00. The second-order valence-corrected chi connectivity index (χ2v) is 12.3. The highest BCUT2D eigenvalue weighted by molar-refractivity contribution is 6.59. The maximum Gasteiger partial charge on any atom is 0.488 e. The average molecular weight is 684 g/mol. The molecule has 254 valence electrons. The van der Waals surface area contributed by atoms with Gasteiger partial charge in [-0.15, -0.1) is 10.2 Å². The summed E-state index contributed by atoms with van der Waals surface area (Å²) in [6.07, 6.45) is 11.9. The summed E-state index contributed by atoms with van der Waals surface area (Å²) in [5.74, 6) is 0. The molecule has 52 heavy (non-hydrogen) atoms. The molecule has 0 radical (unpaired) electrons. The minimum atomic E-state index is -1.60. The Hall–Kier alpha value is -6.17. The molecule has 5 aromatic carbocycles. The zero-order chi connectivity index (χ0) is 35.9. The van der Waals surface area contributed by atoms with E-state index in [4.69, 9.17) is 0 Å². The molecule has 0 unspecified atom stereocenters. The summed E-state index contributed by atoms with van der Waals surface area (Å²) in [5, 5.41) is 57.6. The summed E-state index contributed by atoms with van der Waals surface area (Å²) >= 11 is 0. The van der Waals surface area contributed by atoms with E-state index >= 15 is 0 Å². The number of rotatable bonds is 12. The van der Waals surface area contributed by atoms with E-state index in [2.05, 4.69) is 32.8 Å². The van der Waals surface area contributed by atoms with Gasteiger partial charge in [0.15, 0.2) is 0 Å². The molecule has 12 heteroatoms. The summed E-state index contributed by atoms with van der Waals surface area (Å²) in [4.78, 5) is 0. The van der Waals surface area contributed by atoms with Crippen LogP contribution in [0.2, 0.25) is 0 Å². The third-order valence-corrected chi connectivity index (χ3v) is 8.69. The first kappa shape index (κ1) is 34.3. The van der Waals surface area contributed by atoms with Gasteiger partial charge in [-0.25, -0.2) is 9.36 Å². The highest BCUT2D eigenvalue weighted by Gasteiger charge is 2.19. The standard InChI is InChI=1S/C40H34B2N6O4/c49-41(50)37-17-9-7-15-33(37)25-47-27-39(43-45-47)35-24-32(22-20-30-13-5-2-6-14-30)36(23-31(35)21-19-29-11-3-1-4-12-29)40-28-48(46-44-40)26-34-16-8-10-18-38(34)42(51)52/h1-24,27-28,49-52H,25-26H2/b21-19+,22-20+. The van der Waals surface area contributed by atoms with Gasteiger partial charge in [0.1, 0.15) is 11.4 Å². The summed E-state index contributed by atoms with van der Waals surface area (Å²) in [7, 11) is -3.20. The molecule has 2 heterocycles. The molecule has 2 aromatic heterocycles. The van der Waals surface area contributed by atoms with E-state index in [-0.39, 0.29) is 0 Å². The van der Waals surface area contributed by atoms with Crippen LogP contribution in [0.1, 0.15) is 33.4 Å². The zero-order valence-electron chi connectivity index (χ0n) is 28.1. The van der Waals surface area contributed by atoms with Crippen molar-refractivity contribution in [3.05, 3.63) is 167 Å². The van der Waals surface area contributed by atoms with Crippen molar-refractivity contribution in [2.45, 2.75) is 13.1 Å². The molecule has 0 spiro atoms. The maximum atomic E-state index is 9.91. The summed E-state index contributed by atoms with van der Waals surface area (Å²) in [6, 6.07) is 38.4. The van der Waals surface area contributed by atoms with Gasteiger partial charge in [0.25, 0.3) is 0 Å². The van der Waals surface area contributed by atoms with Crippen molar-refractivity contribution >= 4 is 49.5 Å². The molecule has 7 aromatic rings. The fraction of sp³-hybridized carbons (Fsp3) is 0.0500. The second kappa shape index (κ2) is 15.8. The van der Waals surface area contributed by atoms with Gasteiger partial charge in [-0.05, 0) is 56.4 Å². The Morgan fingerprint density at radius 1 is 0.481 bits per heavy atom. The molecule has 0 aliphatic rings. The summed E-state index contributed by atoms with van der Waals surface area (Å²) < 4.78 is 3.36. The van der Waals surface area contributed by atoms with Crippen LogP contribution in [0.15, 0.2) is 134 Å². The molecule has 0 bridgehead atoms. The lowest BCUT2D eigenvalue weighted by Crippen LogP contribution is -2.33. The topological polar surface area (TPSA) is 142 Å². The Morgan fingerprint density at radius 2 is 0.865 bits per heavy atom. The zero-order valence-corrected chi connectivity index (χ0v) is 28.1. The van der Waals surface area contributed by atoms with Crippen LogP contribution >= 0.6 is 0 Å². The SMILES string of the molecule is OB(O)c1ccccc1Cn1cc(-c2cc(/C=C/c3ccccc3)c(-c3cn(Cc4ccccc4B(O)O)nn3)cc2/C=C/c2ccccc2)nn1. The van der Waals surface area contributed by atoms with E-state index in [1.165, 1.54) is 0 Å². The third-order valence-electron chi connectivity index (χ3n) is 8.69. The quantitative estimate of drug-likeness (QED) is 0.112. The van der Waals surface area contributed by atoms with Crippen molar-refractivity contribution in [2.75, 3.05) is 0 Å². The Morgan fingerprint density at radius 3 is 1.27 bits per heavy atom. The minimum Gasteiger partial charge on any atom is -0.423 e. The van der Waals surface area contributed by atoms with Gasteiger partial charge < -0.3 is 20.1 Å². The average Bonchev–Trinajstić information content (AvgIpc) is 3.84. The van der Waals surface area contributed by atoms with Crippen LogP contribution in [0.25, 0.3) is 46.8 Å². The smallest absolute Gasteiger partial charge is 0.423 e. The first-order valence-corrected chi connectivity index (χ1v) is 16.7. The fourth-order valence-electron chi connectivity index (χ4n) is 6.06. The molecule has 7 rings (SSSR count). The van der Waals surface area contributed by atoms with E-state index in [9.17, 15) is 20.1 Å². The number of benzene rings is 5. The van der Waals surface area contributed by atoms with Gasteiger partial charge >= 0.3 is 14.2 Å². The van der Waals surface area contributed by atoms with E-state index < -0.39 is 14.2 Å². The Balaban J connectivity index is 1.33. The number of hydrogen-bond donors (Lipinski definition) is 4. The molecular weight excluding hydrogens is 650 g/mol. The molecule has 0 amide bonds. The Labute approximate surface area is 301 Å². The van der Waals surface area contributed by atoms with Crippen molar-refractivity contribution < 1.29 is 20.1 Å². The predicted molar refractivity (Wildman–Crippen MR) is 206 cm³/mol. The second-order valence-electron chi connectivity index (χ2n) is 12.3. The van der Waals surface area contributed by atoms with Gasteiger partial charge in [-0.2, -0.15) is 0 Å². The highest BCUT2D eigenvalue weighted by atomic mass is 16.4. The van der Waals surface area contributed by atoms with Crippen LogP contribution in [-0.4, -0.2) is 64.3 Å². The van der Waals surface area contributed by atoms with Crippen LogP contribution in [0.4, 0.5) is 0 Å². The fourth-order valence-corrected chi connectivity index (χ4v) is 6.06. The molecule has 0 saturated carbocycles. The monoisotopic (exact) mass is 684 g/mol. The molecule has 0 fully saturated rings. The Kier molecular flexibility index (Phi) is 10.4. The lowest BCUT2D eigenvalue weighted by Gasteiger charge is -2.11. The van der Waals surface area contributed by atoms with Gasteiger partial charge in [0.2, 0.25) is 0 Å². The van der Waals surface area contributed by atoms with Gasteiger partial charge in [0.05, 0.1) is 25.5 Å². The van der Waals surface area contributed by atoms with Crippen LogP contribution in [0.3, 0.4) is 0 Å². The van der Waals surface area contributed by atoms with Crippen molar-refractivity contribution in [1.82, 2.24) is 30.0 Å². The third kappa shape index (κ3) is 8.07. The van der Waals surface area contributed by atoms with Crippen molar-refractivity contribution in [3.8, 4) is 22.5 Å². The van der Waals surface area contributed by atoms with E-state index in [1.54, 1.807) is 33.6 Å². The van der Waals surface area contributed by atoms with Gasteiger partial charge in [0, 0.05) is 11.1 Å². The first-order chi connectivity index (χ1) is 25.4. The highest BCUT2D eigenvalue weighted by Crippen LogP contribution is 2.33. The van der Waals surface area contributed by atoms with E-state index in [0.717, 1.165) is 44.5 Å². The van der Waals surface area contributed by atoms with Crippen LogP contribution in [0, 0.1) is 0 Å². The molecule has 0 aliphatic heterocycles. The molecular formula is C40H34B2N6O4. The summed E-state index contributed by atoms with van der Waals surface area (Å²) in [6.45, 7) is 0.600. The normalized spacial score (nSPS) is 11.5. The van der Waals surface area contributed by atoms with Crippen molar-refractivity contribution in [3.63, 3.8) is 0 Å². The lowest BCUT2D eigenvalue weighted by molar-refractivity contribution is 0.424. The molecule has 10 nitrogen and oxygen atoms in total. The van der Waals surface area contributed by atoms with Crippen LogP contribution in [-0.2, 0) is 13.1 Å². The maximum absolute atomic E-state index is 9.91. The molecule has 0 saturated heterocycles. The van der Waals surface area contributed by atoms with Crippen LogP contribution < -0.4 is 10.9 Å². The van der Waals surface area contributed by atoms with Gasteiger partial charge in [-0.3, -0.25) is 0 Å². The van der Waals surface area contributed by atoms with E-state index in [1.807, 2.05) is 122 Å². The molecule has 0 atom stereocenters. The number of nitrogens with zero attached hydrogens (tertiary/aromatic N) is 6. The lowest BCUT2D eigenvalue weighted by atomic mass is 9.77. The van der Waals surface area contributed by atoms with E-state index in [0.29, 0.717) is 35.4 Å².